The Balaban J connectivity index is -0.000000623. The molecule has 0 saturated heterocycles. The molecule has 0 aliphatic carbocycles. The SMILES string of the molecule is O=C(O)/C=C/C(=O)O.O=C(O)CCC(=O)C(=O)OC(C(=O)O)C(CC(=O)O)C(=O)O.O=C(O)CCC(=O)O. The van der Waals surface area contributed by atoms with E-state index in [4.69, 9.17) is 40.9 Å². The van der Waals surface area contributed by atoms with Gasteiger partial charge in [-0.2, -0.15) is 0 Å². The molecule has 19 nitrogen and oxygen atoms in total. The number of rotatable bonds is 15. The van der Waals surface area contributed by atoms with Crippen molar-refractivity contribution in [3.63, 3.8) is 0 Å². The van der Waals surface area contributed by atoms with Crippen LogP contribution in [0, 0.1) is 5.92 Å². The number of carboxylic acids is 8. The first kappa shape index (κ1) is 37.2. The van der Waals surface area contributed by atoms with E-state index in [1.54, 1.807) is 0 Å². The highest BCUT2D eigenvalue weighted by molar-refractivity contribution is 6.34. The third-order valence-electron chi connectivity index (χ3n) is 3.27. The fourth-order valence-electron chi connectivity index (χ4n) is 1.68. The number of hydrogen-bond acceptors (Lipinski definition) is 11. The monoisotopic (exact) mass is 554 g/mol. The lowest BCUT2D eigenvalue weighted by Crippen LogP contribution is -2.41. The molecule has 0 rings (SSSR count). The number of carbonyl (C=O) groups is 10. The van der Waals surface area contributed by atoms with Crippen molar-refractivity contribution in [2.45, 2.75) is 38.2 Å². The van der Waals surface area contributed by atoms with Crippen molar-refractivity contribution in [2.75, 3.05) is 0 Å². The summed E-state index contributed by atoms with van der Waals surface area (Å²) in [4.78, 5) is 103. The van der Waals surface area contributed by atoms with Gasteiger partial charge >= 0.3 is 53.7 Å². The van der Waals surface area contributed by atoms with Crippen LogP contribution in [-0.2, 0) is 52.7 Å². The smallest absolute Gasteiger partial charge is 0.375 e. The number of carboxylic acid groups (broad SMARTS) is 8. The molecule has 8 N–H and O–H groups in total. The van der Waals surface area contributed by atoms with E-state index in [1.807, 2.05) is 0 Å². The Kier molecular flexibility index (Phi) is 19.5. The first-order valence-electron chi connectivity index (χ1n) is 9.52. The molecule has 2 unspecified atom stereocenters. The number of Topliss-reactive ketones (excluding diaryl/α,β-unsaturated/α-hetero) is 1. The predicted octanol–water partition coefficient (Wildman–Crippen LogP) is -1.76. The lowest BCUT2D eigenvalue weighted by atomic mass is 9.98. The van der Waals surface area contributed by atoms with Gasteiger partial charge < -0.3 is 45.6 Å². The molecule has 212 valence electrons. The van der Waals surface area contributed by atoms with Crippen LogP contribution in [-0.4, -0.2) is 106 Å². The minimum Gasteiger partial charge on any atom is -0.481 e. The number of ketones is 1. The largest absolute Gasteiger partial charge is 0.481 e. The second kappa shape index (κ2) is 19.9. The highest BCUT2D eigenvalue weighted by Gasteiger charge is 2.39. The predicted molar refractivity (Wildman–Crippen MR) is 112 cm³/mol. The molecule has 0 aliphatic heterocycles. The topological polar surface area (TPSA) is 342 Å². The highest BCUT2D eigenvalue weighted by Crippen LogP contribution is 2.15. The van der Waals surface area contributed by atoms with Crippen molar-refractivity contribution in [3.8, 4) is 0 Å². The minimum atomic E-state index is -2.39. The van der Waals surface area contributed by atoms with Gasteiger partial charge in [-0.3, -0.25) is 28.8 Å². The maximum Gasteiger partial charge on any atom is 0.375 e. The van der Waals surface area contributed by atoms with Gasteiger partial charge in [0.2, 0.25) is 11.9 Å². The van der Waals surface area contributed by atoms with Crippen molar-refractivity contribution in [3.05, 3.63) is 12.2 Å². The average Bonchev–Trinajstić information content (AvgIpc) is 2.77. The van der Waals surface area contributed by atoms with E-state index in [0.29, 0.717) is 12.2 Å². The van der Waals surface area contributed by atoms with Gasteiger partial charge in [0, 0.05) is 18.6 Å². The van der Waals surface area contributed by atoms with Gasteiger partial charge in [0.05, 0.1) is 25.7 Å². The van der Waals surface area contributed by atoms with Gasteiger partial charge in [-0.05, 0) is 0 Å². The molecule has 0 aliphatic rings. The highest BCUT2D eigenvalue weighted by atomic mass is 16.6. The van der Waals surface area contributed by atoms with Gasteiger partial charge in [0.1, 0.15) is 5.92 Å². The van der Waals surface area contributed by atoms with E-state index in [0.717, 1.165) is 0 Å². The zero-order valence-corrected chi connectivity index (χ0v) is 18.9. The summed E-state index contributed by atoms with van der Waals surface area (Å²) in [5, 5.41) is 65.9. The summed E-state index contributed by atoms with van der Waals surface area (Å²) in [5.74, 6) is -16.7. The second-order valence-electron chi connectivity index (χ2n) is 6.32. The Morgan fingerprint density at radius 1 is 0.526 bits per heavy atom. The van der Waals surface area contributed by atoms with Crippen molar-refractivity contribution in [1.29, 1.82) is 0 Å². The minimum absolute atomic E-state index is 0.296. The van der Waals surface area contributed by atoms with Gasteiger partial charge in [-0.1, -0.05) is 0 Å². The molecule has 0 heterocycles. The summed E-state index contributed by atoms with van der Waals surface area (Å²) in [6, 6.07) is 0. The molecule has 0 spiro atoms. The third kappa shape index (κ3) is 23.8. The fraction of sp³-hybridized carbons (Fsp3) is 0.368. The molecule has 0 bridgehead atoms. The van der Waals surface area contributed by atoms with Crippen LogP contribution in [0.3, 0.4) is 0 Å². The molecule has 19 heteroatoms. The summed E-state index contributed by atoms with van der Waals surface area (Å²) >= 11 is 0. The van der Waals surface area contributed by atoms with E-state index in [2.05, 4.69) is 4.74 Å². The molecule has 0 radical (unpaired) electrons. The second-order valence-corrected chi connectivity index (χ2v) is 6.32. The van der Waals surface area contributed by atoms with Crippen LogP contribution in [0.15, 0.2) is 12.2 Å². The van der Waals surface area contributed by atoms with Crippen LogP contribution in [0.2, 0.25) is 0 Å². The summed E-state index contributed by atoms with van der Waals surface area (Å²) in [5.41, 5.74) is 0. The van der Waals surface area contributed by atoms with Gasteiger partial charge in [-0.25, -0.2) is 19.2 Å². The third-order valence-corrected chi connectivity index (χ3v) is 3.27. The van der Waals surface area contributed by atoms with Crippen LogP contribution in [0.4, 0.5) is 0 Å². The van der Waals surface area contributed by atoms with E-state index < -0.39 is 90.8 Å². The molecule has 0 amide bonds. The first-order chi connectivity index (χ1) is 17.3. The zero-order chi connectivity index (χ0) is 30.6. The van der Waals surface area contributed by atoms with Crippen molar-refractivity contribution in [1.82, 2.24) is 0 Å². The molecule has 38 heavy (non-hydrogen) atoms. The van der Waals surface area contributed by atoms with E-state index in [1.165, 1.54) is 0 Å². The molecular weight excluding hydrogens is 532 g/mol. The molecule has 0 saturated carbocycles. The number of ether oxygens (including phenoxy) is 1. The van der Waals surface area contributed by atoms with Gasteiger partial charge in [-0.15, -0.1) is 0 Å². The number of hydrogen-bond donors (Lipinski definition) is 8. The molecule has 0 fully saturated rings. The maximum atomic E-state index is 11.3. The first-order valence-corrected chi connectivity index (χ1v) is 9.52. The zero-order valence-electron chi connectivity index (χ0n) is 18.9. The lowest BCUT2D eigenvalue weighted by molar-refractivity contribution is -0.176. The summed E-state index contributed by atoms with van der Waals surface area (Å²) in [6.07, 6.45) is -4.49. The van der Waals surface area contributed by atoms with E-state index in [-0.39, 0.29) is 12.8 Å². The van der Waals surface area contributed by atoms with Crippen molar-refractivity contribution >= 4 is 59.5 Å². The Bertz CT molecular complexity index is 929. The number of carbonyl (C=O) groups excluding carboxylic acids is 2. The van der Waals surface area contributed by atoms with Crippen LogP contribution < -0.4 is 0 Å². The summed E-state index contributed by atoms with van der Waals surface area (Å²) in [7, 11) is 0. The Labute approximate surface area is 210 Å². The van der Waals surface area contributed by atoms with Crippen LogP contribution >= 0.6 is 0 Å². The Morgan fingerprint density at radius 2 is 0.895 bits per heavy atom. The normalized spacial score (nSPS) is 11.2. The molecule has 0 aromatic rings. The van der Waals surface area contributed by atoms with Crippen LogP contribution in [0.25, 0.3) is 0 Å². The summed E-state index contributed by atoms with van der Waals surface area (Å²) < 4.78 is 4.21. The van der Waals surface area contributed by atoms with Crippen LogP contribution in [0.1, 0.15) is 32.1 Å². The van der Waals surface area contributed by atoms with Crippen molar-refractivity contribution < 1.29 is 93.5 Å². The molecule has 0 aromatic carbocycles. The van der Waals surface area contributed by atoms with Crippen molar-refractivity contribution in [2.24, 2.45) is 5.92 Å². The average molecular weight is 554 g/mol. The maximum absolute atomic E-state index is 11.3. The lowest BCUT2D eigenvalue weighted by Gasteiger charge is -2.18. The Morgan fingerprint density at radius 3 is 1.16 bits per heavy atom. The quantitative estimate of drug-likeness (QED) is 0.0630. The molecule has 2 atom stereocenters. The molecule has 0 aromatic heterocycles. The number of aliphatic carboxylic acids is 8. The Hall–Kier alpha value is -5.36. The van der Waals surface area contributed by atoms with E-state index >= 15 is 0 Å². The standard InChI is InChI=1S/C11H12O11.C4H6O4.C4H4O4/c12-5(1-2-6(13)14)11(21)22-8(10(19)20)4(9(17)18)3-7(15)16;2*5-3(6)1-2-4(7)8/h4,8H,1-3H2,(H,13,14)(H,15,16)(H,17,18)(H,19,20);1-2H2,(H,5,6)(H,7,8);1-2H,(H,5,6)(H,7,8)/b;;2-1+. The van der Waals surface area contributed by atoms with Gasteiger partial charge in [0.25, 0.3) is 0 Å². The summed E-state index contributed by atoms with van der Waals surface area (Å²) in [6.45, 7) is 0. The van der Waals surface area contributed by atoms with Crippen LogP contribution in [0.5, 0.6) is 0 Å². The fourth-order valence-corrected chi connectivity index (χ4v) is 1.68. The molecular formula is C19H22O19. The number of esters is 1. The van der Waals surface area contributed by atoms with E-state index in [9.17, 15) is 47.9 Å². The van der Waals surface area contributed by atoms with Gasteiger partial charge in [0.15, 0.2) is 0 Å².